The van der Waals surface area contributed by atoms with Crippen molar-refractivity contribution in [2.24, 2.45) is 17.1 Å². The number of nitrogens with zero attached hydrogens (tertiary/aromatic N) is 1. The van der Waals surface area contributed by atoms with Crippen LogP contribution in [0, 0.1) is 11.3 Å². The Kier molecular flexibility index (Phi) is 7.45. The molecular formula is C16H31ClN2O2. The van der Waals surface area contributed by atoms with Crippen molar-refractivity contribution in [3.8, 4) is 0 Å². The number of carbonyl (C=O) groups excluding carboxylic acids is 1. The number of hydrogen-bond acceptors (Lipinski definition) is 3. The first-order chi connectivity index (χ1) is 9.60. The molecule has 1 saturated carbocycles. The van der Waals surface area contributed by atoms with E-state index in [4.69, 9.17) is 10.5 Å². The Balaban J connectivity index is 0.00000220. The summed E-state index contributed by atoms with van der Waals surface area (Å²) in [6, 6.07) is 0. The van der Waals surface area contributed by atoms with E-state index in [1.54, 1.807) is 7.11 Å². The molecule has 0 radical (unpaired) electrons. The Morgan fingerprint density at radius 2 is 2.00 bits per heavy atom. The Morgan fingerprint density at radius 3 is 2.57 bits per heavy atom. The van der Waals surface area contributed by atoms with E-state index in [1.807, 2.05) is 4.90 Å². The minimum absolute atomic E-state index is 0. The van der Waals surface area contributed by atoms with Crippen molar-refractivity contribution in [3.05, 3.63) is 0 Å². The minimum Gasteiger partial charge on any atom is -0.379 e. The van der Waals surface area contributed by atoms with Crippen molar-refractivity contribution in [1.82, 2.24) is 4.90 Å². The van der Waals surface area contributed by atoms with Crippen LogP contribution < -0.4 is 5.73 Å². The lowest BCUT2D eigenvalue weighted by Crippen LogP contribution is -2.48. The number of rotatable bonds is 4. The average Bonchev–Trinajstić information content (AvgIpc) is 2.48. The van der Waals surface area contributed by atoms with Crippen LogP contribution in [0.1, 0.15) is 51.9 Å². The Hall–Kier alpha value is -0.320. The van der Waals surface area contributed by atoms with Gasteiger partial charge in [-0.15, -0.1) is 12.4 Å². The zero-order valence-corrected chi connectivity index (χ0v) is 14.3. The summed E-state index contributed by atoms with van der Waals surface area (Å²) in [7, 11) is 1.75. The van der Waals surface area contributed by atoms with E-state index in [9.17, 15) is 4.79 Å². The van der Waals surface area contributed by atoms with E-state index in [0.717, 1.165) is 32.4 Å². The maximum absolute atomic E-state index is 12.6. The SMILES string of the molecule is COC1CN(C(=O)CC2(CN)CCCCC2)CCC1C.Cl. The number of likely N-dealkylation sites (tertiary alicyclic amines) is 1. The van der Waals surface area contributed by atoms with E-state index >= 15 is 0 Å². The number of halogens is 1. The number of nitrogens with two attached hydrogens (primary N) is 1. The lowest BCUT2D eigenvalue weighted by molar-refractivity contribution is -0.139. The van der Waals surface area contributed by atoms with Gasteiger partial charge in [-0.05, 0) is 37.1 Å². The van der Waals surface area contributed by atoms with Gasteiger partial charge in [0.15, 0.2) is 0 Å². The number of piperidine rings is 1. The van der Waals surface area contributed by atoms with E-state index in [-0.39, 0.29) is 29.8 Å². The molecule has 21 heavy (non-hydrogen) atoms. The van der Waals surface area contributed by atoms with Crippen LogP contribution >= 0.6 is 12.4 Å². The molecular weight excluding hydrogens is 288 g/mol. The van der Waals surface area contributed by atoms with E-state index in [0.29, 0.717) is 18.9 Å². The second-order valence-corrected chi connectivity index (χ2v) is 6.82. The highest BCUT2D eigenvalue weighted by molar-refractivity contribution is 5.85. The molecule has 1 aliphatic carbocycles. The molecule has 2 rings (SSSR count). The maximum Gasteiger partial charge on any atom is 0.223 e. The van der Waals surface area contributed by atoms with Gasteiger partial charge in [0, 0.05) is 26.6 Å². The summed E-state index contributed by atoms with van der Waals surface area (Å²) >= 11 is 0. The first-order valence-corrected chi connectivity index (χ1v) is 8.11. The fourth-order valence-electron chi connectivity index (χ4n) is 3.75. The van der Waals surface area contributed by atoms with Crippen LogP contribution in [0.2, 0.25) is 0 Å². The second-order valence-electron chi connectivity index (χ2n) is 6.82. The molecule has 0 aromatic rings. The third-order valence-corrected chi connectivity index (χ3v) is 5.42. The van der Waals surface area contributed by atoms with Crippen molar-refractivity contribution >= 4 is 18.3 Å². The van der Waals surface area contributed by atoms with Gasteiger partial charge in [-0.25, -0.2) is 0 Å². The zero-order chi connectivity index (χ0) is 14.6. The maximum atomic E-state index is 12.6. The molecule has 5 heteroatoms. The normalized spacial score (nSPS) is 28.8. The van der Waals surface area contributed by atoms with Gasteiger partial charge >= 0.3 is 0 Å². The first-order valence-electron chi connectivity index (χ1n) is 8.11. The Labute approximate surface area is 135 Å². The predicted octanol–water partition coefficient (Wildman–Crippen LogP) is 2.59. The van der Waals surface area contributed by atoms with E-state index in [1.165, 1.54) is 19.3 Å². The lowest BCUT2D eigenvalue weighted by Gasteiger charge is -2.40. The Morgan fingerprint density at radius 1 is 1.33 bits per heavy atom. The first kappa shape index (κ1) is 18.7. The predicted molar refractivity (Wildman–Crippen MR) is 87.6 cm³/mol. The molecule has 0 aromatic heterocycles. The molecule has 0 spiro atoms. The molecule has 2 unspecified atom stereocenters. The smallest absolute Gasteiger partial charge is 0.223 e. The molecule has 2 aliphatic rings. The highest BCUT2D eigenvalue weighted by Gasteiger charge is 2.36. The number of carbonyl (C=O) groups is 1. The molecule has 0 bridgehead atoms. The van der Waals surface area contributed by atoms with E-state index in [2.05, 4.69) is 6.92 Å². The van der Waals surface area contributed by atoms with Crippen LogP contribution in [0.15, 0.2) is 0 Å². The molecule has 1 amide bonds. The third-order valence-electron chi connectivity index (χ3n) is 5.42. The largest absolute Gasteiger partial charge is 0.379 e. The number of hydrogen-bond donors (Lipinski definition) is 1. The minimum atomic E-state index is 0. The van der Waals surface area contributed by atoms with Gasteiger partial charge in [0.05, 0.1) is 6.10 Å². The number of ether oxygens (including phenoxy) is 1. The summed E-state index contributed by atoms with van der Waals surface area (Å²) < 4.78 is 5.51. The fraction of sp³-hybridized carbons (Fsp3) is 0.938. The average molecular weight is 319 g/mol. The molecule has 2 atom stereocenters. The summed E-state index contributed by atoms with van der Waals surface area (Å²) in [5.41, 5.74) is 6.07. The summed E-state index contributed by atoms with van der Waals surface area (Å²) in [5.74, 6) is 0.827. The van der Waals surface area contributed by atoms with Crippen LogP contribution in [-0.4, -0.2) is 43.7 Å². The van der Waals surface area contributed by atoms with Gasteiger partial charge in [-0.3, -0.25) is 4.79 Å². The molecule has 2 fully saturated rings. The second kappa shape index (κ2) is 8.35. The standard InChI is InChI=1S/C16H30N2O2.ClH/c1-13-6-9-18(11-14(13)20-2)15(19)10-16(12-17)7-4-3-5-8-16;/h13-14H,3-12,17H2,1-2H3;1H. The van der Waals surface area contributed by atoms with Gasteiger partial charge in [-0.2, -0.15) is 0 Å². The molecule has 124 valence electrons. The van der Waals surface area contributed by atoms with Crippen LogP contribution in [0.3, 0.4) is 0 Å². The highest BCUT2D eigenvalue weighted by atomic mass is 35.5. The van der Waals surface area contributed by atoms with Crippen LogP contribution in [-0.2, 0) is 9.53 Å². The zero-order valence-electron chi connectivity index (χ0n) is 13.5. The summed E-state index contributed by atoms with van der Waals surface area (Å²) in [6.07, 6.45) is 7.84. The van der Waals surface area contributed by atoms with Crippen LogP contribution in [0.25, 0.3) is 0 Å². The van der Waals surface area contributed by atoms with Gasteiger partial charge in [-0.1, -0.05) is 26.2 Å². The summed E-state index contributed by atoms with van der Waals surface area (Å²) in [5, 5.41) is 0. The molecule has 2 N–H and O–H groups in total. The van der Waals surface area contributed by atoms with Crippen molar-refractivity contribution in [3.63, 3.8) is 0 Å². The molecule has 1 saturated heterocycles. The van der Waals surface area contributed by atoms with Gasteiger partial charge in [0.2, 0.25) is 5.91 Å². The van der Waals surface area contributed by atoms with Crippen LogP contribution in [0.5, 0.6) is 0 Å². The van der Waals surface area contributed by atoms with Crippen molar-refractivity contribution in [2.45, 2.75) is 58.0 Å². The Bertz CT molecular complexity index is 332. The lowest BCUT2D eigenvalue weighted by atomic mass is 9.71. The summed E-state index contributed by atoms with van der Waals surface area (Å²) in [6.45, 7) is 4.48. The van der Waals surface area contributed by atoms with Crippen LogP contribution in [0.4, 0.5) is 0 Å². The van der Waals surface area contributed by atoms with E-state index < -0.39 is 0 Å². The fourth-order valence-corrected chi connectivity index (χ4v) is 3.75. The summed E-state index contributed by atoms with van der Waals surface area (Å²) in [4.78, 5) is 14.6. The topological polar surface area (TPSA) is 55.6 Å². The molecule has 4 nitrogen and oxygen atoms in total. The molecule has 1 heterocycles. The van der Waals surface area contributed by atoms with Gasteiger partial charge < -0.3 is 15.4 Å². The third kappa shape index (κ3) is 4.57. The van der Waals surface area contributed by atoms with Crippen molar-refractivity contribution in [1.29, 1.82) is 0 Å². The monoisotopic (exact) mass is 318 g/mol. The van der Waals surface area contributed by atoms with Crippen molar-refractivity contribution < 1.29 is 9.53 Å². The van der Waals surface area contributed by atoms with Gasteiger partial charge in [0.1, 0.15) is 0 Å². The van der Waals surface area contributed by atoms with Crippen molar-refractivity contribution in [2.75, 3.05) is 26.7 Å². The highest BCUT2D eigenvalue weighted by Crippen LogP contribution is 2.39. The quantitative estimate of drug-likeness (QED) is 0.867. The number of methoxy groups -OCH3 is 1. The molecule has 1 aliphatic heterocycles. The molecule has 0 aromatic carbocycles. The van der Waals surface area contributed by atoms with Gasteiger partial charge in [0.25, 0.3) is 0 Å². The number of amides is 1.